The molecule has 1 fully saturated rings. The van der Waals surface area contributed by atoms with Crippen LogP contribution in [0.5, 0.6) is 0 Å². The summed E-state index contributed by atoms with van der Waals surface area (Å²) in [4.78, 5) is 17.2. The van der Waals surface area contributed by atoms with Crippen molar-refractivity contribution in [3.8, 4) is 11.4 Å². The van der Waals surface area contributed by atoms with Crippen molar-refractivity contribution in [3.05, 3.63) is 30.3 Å². The summed E-state index contributed by atoms with van der Waals surface area (Å²) in [7, 11) is 0. The Labute approximate surface area is 145 Å². The minimum Gasteiger partial charge on any atom is -0.345 e. The van der Waals surface area contributed by atoms with Crippen LogP contribution >= 0.6 is 0 Å². The van der Waals surface area contributed by atoms with Crippen molar-refractivity contribution in [1.82, 2.24) is 24.8 Å². The topological polar surface area (TPSA) is 77.0 Å². The number of piperidine rings is 1. The average molecular weight is 339 g/mol. The predicted molar refractivity (Wildman–Crippen MR) is 93.0 cm³/mol. The first-order valence-corrected chi connectivity index (χ1v) is 8.66. The monoisotopic (exact) mass is 339 g/mol. The Morgan fingerprint density at radius 2 is 2.08 bits per heavy atom. The lowest BCUT2D eigenvalue weighted by atomic mass is 9.97. The number of carbonyl (C=O) groups is 1. The minimum absolute atomic E-state index is 0.224. The summed E-state index contributed by atoms with van der Waals surface area (Å²) in [6.45, 7) is 5.70. The molecule has 2 aromatic heterocycles. The molecule has 1 saturated heterocycles. The molecule has 1 aliphatic rings. The molecule has 7 nitrogen and oxygen atoms in total. The summed E-state index contributed by atoms with van der Waals surface area (Å²) in [6.07, 6.45) is 4.50. The highest BCUT2D eigenvalue weighted by Crippen LogP contribution is 2.29. The highest BCUT2D eigenvalue weighted by Gasteiger charge is 2.25. The molecule has 0 unspecified atom stereocenters. The zero-order valence-electron chi connectivity index (χ0n) is 14.4. The Kier molecular flexibility index (Phi) is 3.99. The SMILES string of the molecule is CC(C)n1ncc2ccc(-c3noc(C4CCN(C=O)CC4)n3)cc21. The number of hydrogen-bond donors (Lipinski definition) is 0. The van der Waals surface area contributed by atoms with Gasteiger partial charge in [-0.05, 0) is 32.8 Å². The number of carbonyl (C=O) groups excluding carboxylic acids is 1. The first-order chi connectivity index (χ1) is 12.2. The molecule has 0 saturated carbocycles. The largest absolute Gasteiger partial charge is 0.345 e. The predicted octanol–water partition coefficient (Wildman–Crippen LogP) is 3.00. The summed E-state index contributed by atoms with van der Waals surface area (Å²) in [6, 6.07) is 6.39. The number of benzene rings is 1. The maximum absolute atomic E-state index is 10.8. The van der Waals surface area contributed by atoms with Crippen LogP contribution in [0.2, 0.25) is 0 Å². The quantitative estimate of drug-likeness (QED) is 0.683. The average Bonchev–Trinajstić information content (AvgIpc) is 3.28. The van der Waals surface area contributed by atoms with E-state index in [1.165, 1.54) is 0 Å². The second kappa shape index (κ2) is 6.31. The molecule has 1 aliphatic heterocycles. The van der Waals surface area contributed by atoms with E-state index in [9.17, 15) is 4.79 Å². The molecule has 4 rings (SSSR count). The van der Waals surface area contributed by atoms with Gasteiger partial charge in [0.15, 0.2) is 0 Å². The lowest BCUT2D eigenvalue weighted by Crippen LogP contribution is -2.31. The molecule has 1 aromatic carbocycles. The van der Waals surface area contributed by atoms with Crippen LogP contribution in [0.4, 0.5) is 0 Å². The number of nitrogens with zero attached hydrogens (tertiary/aromatic N) is 5. The summed E-state index contributed by atoms with van der Waals surface area (Å²) < 4.78 is 7.50. The van der Waals surface area contributed by atoms with Crippen LogP contribution in [-0.2, 0) is 4.79 Å². The molecular formula is C18H21N5O2. The van der Waals surface area contributed by atoms with Gasteiger partial charge in [-0.2, -0.15) is 10.1 Å². The first-order valence-electron chi connectivity index (χ1n) is 8.66. The number of amides is 1. The fourth-order valence-electron chi connectivity index (χ4n) is 3.36. The van der Waals surface area contributed by atoms with Gasteiger partial charge >= 0.3 is 0 Å². The number of hydrogen-bond acceptors (Lipinski definition) is 5. The molecule has 0 aliphatic carbocycles. The zero-order valence-corrected chi connectivity index (χ0v) is 14.4. The number of likely N-dealkylation sites (tertiary alicyclic amines) is 1. The lowest BCUT2D eigenvalue weighted by molar-refractivity contribution is -0.119. The third kappa shape index (κ3) is 2.90. The molecule has 0 bridgehead atoms. The van der Waals surface area contributed by atoms with Gasteiger partial charge < -0.3 is 9.42 Å². The van der Waals surface area contributed by atoms with Gasteiger partial charge in [0.1, 0.15) is 0 Å². The standard InChI is InChI=1S/C18H21N5O2/c1-12(2)23-16-9-14(3-4-15(16)10-19-23)17-20-18(25-21-17)13-5-7-22(11-24)8-6-13/h3-4,9-13H,5-8H2,1-2H3. The van der Waals surface area contributed by atoms with Crippen LogP contribution in [0.1, 0.15) is 44.5 Å². The van der Waals surface area contributed by atoms with E-state index in [1.807, 2.05) is 23.0 Å². The maximum Gasteiger partial charge on any atom is 0.230 e. The van der Waals surface area contributed by atoms with Crippen LogP contribution in [0.15, 0.2) is 28.9 Å². The Balaban J connectivity index is 1.60. The van der Waals surface area contributed by atoms with E-state index >= 15 is 0 Å². The molecule has 1 amide bonds. The Morgan fingerprint density at radius 1 is 1.28 bits per heavy atom. The summed E-state index contributed by atoms with van der Waals surface area (Å²) in [5.74, 6) is 1.49. The van der Waals surface area contributed by atoms with Crippen molar-refractivity contribution >= 4 is 17.3 Å². The van der Waals surface area contributed by atoms with E-state index in [-0.39, 0.29) is 12.0 Å². The first kappa shape index (κ1) is 15.8. The number of fused-ring (bicyclic) bond motifs is 1. The Bertz CT molecular complexity index is 890. The van der Waals surface area contributed by atoms with E-state index in [0.717, 1.165) is 48.8 Å². The molecule has 130 valence electrons. The van der Waals surface area contributed by atoms with Gasteiger partial charge in [0.25, 0.3) is 0 Å². The van der Waals surface area contributed by atoms with Crippen LogP contribution in [0, 0.1) is 0 Å². The van der Waals surface area contributed by atoms with Crippen molar-refractivity contribution in [3.63, 3.8) is 0 Å². The number of rotatable bonds is 4. The Hall–Kier alpha value is -2.70. The van der Waals surface area contributed by atoms with E-state index in [4.69, 9.17) is 4.52 Å². The fourth-order valence-corrected chi connectivity index (χ4v) is 3.36. The second-order valence-electron chi connectivity index (χ2n) is 6.83. The molecule has 7 heteroatoms. The van der Waals surface area contributed by atoms with Gasteiger partial charge in [0, 0.05) is 36.0 Å². The second-order valence-corrected chi connectivity index (χ2v) is 6.83. The van der Waals surface area contributed by atoms with Crippen molar-refractivity contribution < 1.29 is 9.32 Å². The number of aromatic nitrogens is 4. The van der Waals surface area contributed by atoms with Crippen LogP contribution in [0.3, 0.4) is 0 Å². The van der Waals surface area contributed by atoms with Gasteiger partial charge in [-0.25, -0.2) is 0 Å². The molecule has 25 heavy (non-hydrogen) atoms. The van der Waals surface area contributed by atoms with Gasteiger partial charge in [0.05, 0.1) is 11.7 Å². The van der Waals surface area contributed by atoms with Gasteiger partial charge in [-0.3, -0.25) is 9.48 Å². The van der Waals surface area contributed by atoms with Crippen LogP contribution < -0.4 is 0 Å². The zero-order chi connectivity index (χ0) is 17.4. The molecule has 3 heterocycles. The highest BCUT2D eigenvalue weighted by molar-refractivity contribution is 5.83. The third-order valence-corrected chi connectivity index (χ3v) is 4.82. The summed E-state index contributed by atoms with van der Waals surface area (Å²) >= 11 is 0. The third-order valence-electron chi connectivity index (χ3n) is 4.82. The van der Waals surface area contributed by atoms with E-state index in [1.54, 1.807) is 4.90 Å². The summed E-state index contributed by atoms with van der Waals surface area (Å²) in [5, 5.41) is 9.71. The highest BCUT2D eigenvalue weighted by atomic mass is 16.5. The van der Waals surface area contributed by atoms with Crippen LogP contribution in [0.25, 0.3) is 22.3 Å². The Morgan fingerprint density at radius 3 is 2.80 bits per heavy atom. The smallest absolute Gasteiger partial charge is 0.230 e. The summed E-state index contributed by atoms with van der Waals surface area (Å²) in [5.41, 5.74) is 1.99. The lowest BCUT2D eigenvalue weighted by Gasteiger charge is -2.26. The fraction of sp³-hybridized carbons (Fsp3) is 0.444. The molecule has 0 atom stereocenters. The van der Waals surface area contributed by atoms with E-state index < -0.39 is 0 Å². The maximum atomic E-state index is 10.8. The van der Waals surface area contributed by atoms with Gasteiger partial charge in [0.2, 0.25) is 18.1 Å². The van der Waals surface area contributed by atoms with Crippen molar-refractivity contribution in [2.75, 3.05) is 13.1 Å². The minimum atomic E-state index is 0.224. The van der Waals surface area contributed by atoms with E-state index in [2.05, 4.69) is 35.2 Å². The molecule has 0 spiro atoms. The van der Waals surface area contributed by atoms with E-state index in [0.29, 0.717) is 11.7 Å². The van der Waals surface area contributed by atoms with Gasteiger partial charge in [-0.15, -0.1) is 0 Å². The van der Waals surface area contributed by atoms with Crippen LogP contribution in [-0.4, -0.2) is 44.3 Å². The van der Waals surface area contributed by atoms with Crippen molar-refractivity contribution in [1.29, 1.82) is 0 Å². The molecule has 0 N–H and O–H groups in total. The van der Waals surface area contributed by atoms with Crippen molar-refractivity contribution in [2.45, 2.75) is 38.6 Å². The van der Waals surface area contributed by atoms with Crippen molar-refractivity contribution in [2.24, 2.45) is 0 Å². The normalized spacial score (nSPS) is 16.0. The molecule has 0 radical (unpaired) electrons. The molecular weight excluding hydrogens is 318 g/mol. The van der Waals surface area contributed by atoms with Gasteiger partial charge in [-0.1, -0.05) is 17.3 Å². The molecule has 3 aromatic rings.